The number of urea groups is 1. The van der Waals surface area contributed by atoms with Gasteiger partial charge in [-0.15, -0.1) is 0 Å². The topological polar surface area (TPSA) is 81.1 Å². The summed E-state index contributed by atoms with van der Waals surface area (Å²) in [4.78, 5) is 40.6. The van der Waals surface area contributed by atoms with Gasteiger partial charge in [0, 0.05) is 45.6 Å². The fraction of sp³-hybridized carbons (Fsp3) is 0.632. The maximum absolute atomic E-state index is 13.1. The van der Waals surface area contributed by atoms with Crippen molar-refractivity contribution in [1.29, 1.82) is 0 Å². The highest BCUT2D eigenvalue weighted by Crippen LogP contribution is 2.23. The van der Waals surface area contributed by atoms with Gasteiger partial charge in [-0.05, 0) is 32.3 Å². The predicted molar refractivity (Wildman–Crippen MR) is 100 cm³/mol. The first kappa shape index (κ1) is 21.0. The van der Waals surface area contributed by atoms with E-state index in [9.17, 15) is 14.4 Å². The van der Waals surface area contributed by atoms with Crippen molar-refractivity contribution < 1.29 is 23.9 Å². The average Bonchev–Trinajstić information content (AvgIpc) is 3.20. The average molecular weight is 379 g/mol. The van der Waals surface area contributed by atoms with Gasteiger partial charge in [0.25, 0.3) is 0 Å². The Hall–Kier alpha value is -2.35. The van der Waals surface area contributed by atoms with Gasteiger partial charge in [-0.3, -0.25) is 4.79 Å². The number of hydrogen-bond donors (Lipinski definition) is 0. The Morgan fingerprint density at radius 1 is 1.26 bits per heavy atom. The summed E-state index contributed by atoms with van der Waals surface area (Å²) in [5.41, 5.74) is 2.05. The molecule has 2 rings (SSSR count). The Morgan fingerprint density at radius 3 is 2.44 bits per heavy atom. The maximum Gasteiger partial charge on any atom is 0.354 e. The normalized spacial score (nSPS) is 16.3. The van der Waals surface area contributed by atoms with E-state index in [4.69, 9.17) is 9.47 Å². The Labute approximate surface area is 160 Å². The fourth-order valence-electron chi connectivity index (χ4n) is 3.55. The third kappa shape index (κ3) is 4.32. The van der Waals surface area contributed by atoms with E-state index < -0.39 is 5.97 Å². The van der Waals surface area contributed by atoms with Crippen LogP contribution in [0.15, 0.2) is 0 Å². The second kappa shape index (κ2) is 8.56. The van der Waals surface area contributed by atoms with Crippen molar-refractivity contribution in [2.24, 2.45) is 7.05 Å². The molecule has 1 aromatic heterocycles. The summed E-state index contributed by atoms with van der Waals surface area (Å²) < 4.78 is 12.1. The minimum atomic E-state index is -0.488. The van der Waals surface area contributed by atoms with Gasteiger partial charge in [0.1, 0.15) is 5.69 Å². The molecule has 2 heterocycles. The molecule has 1 aliphatic rings. The van der Waals surface area contributed by atoms with Crippen molar-refractivity contribution in [3.05, 3.63) is 22.5 Å². The van der Waals surface area contributed by atoms with E-state index in [0.29, 0.717) is 35.7 Å². The molecule has 1 atom stereocenters. The Bertz CT molecular complexity index is 732. The molecule has 0 aliphatic carbocycles. The minimum absolute atomic E-state index is 0.0507. The van der Waals surface area contributed by atoms with Crippen LogP contribution < -0.4 is 0 Å². The third-order valence-corrected chi connectivity index (χ3v) is 5.02. The number of hydrogen-bond acceptors (Lipinski definition) is 5. The molecule has 0 unspecified atom stereocenters. The van der Waals surface area contributed by atoms with Gasteiger partial charge in [-0.2, -0.15) is 0 Å². The van der Waals surface area contributed by atoms with Crippen LogP contribution in [-0.2, 0) is 16.5 Å². The molecule has 1 saturated heterocycles. The maximum atomic E-state index is 13.1. The predicted octanol–water partition coefficient (Wildman–Crippen LogP) is 1.77. The first-order valence-electron chi connectivity index (χ1n) is 9.04. The molecule has 0 aromatic carbocycles. The first-order chi connectivity index (χ1) is 12.7. The highest BCUT2D eigenvalue weighted by Gasteiger charge is 2.29. The van der Waals surface area contributed by atoms with Crippen molar-refractivity contribution in [2.75, 3.05) is 40.9 Å². The zero-order valence-corrected chi connectivity index (χ0v) is 17.0. The van der Waals surface area contributed by atoms with Gasteiger partial charge in [0.15, 0.2) is 5.78 Å². The number of ether oxygens (including phenoxy) is 2. The van der Waals surface area contributed by atoms with Gasteiger partial charge < -0.3 is 23.8 Å². The van der Waals surface area contributed by atoms with E-state index in [1.807, 2.05) is 0 Å². The monoisotopic (exact) mass is 379 g/mol. The molecule has 150 valence electrons. The molecule has 0 bridgehead atoms. The lowest BCUT2D eigenvalue weighted by molar-refractivity contribution is 0.0588. The number of methoxy groups -OCH3 is 1. The van der Waals surface area contributed by atoms with Gasteiger partial charge in [-0.25, -0.2) is 9.59 Å². The van der Waals surface area contributed by atoms with Crippen LogP contribution in [0.4, 0.5) is 4.79 Å². The van der Waals surface area contributed by atoms with E-state index in [-0.39, 0.29) is 24.5 Å². The van der Waals surface area contributed by atoms with Crippen LogP contribution in [0.2, 0.25) is 0 Å². The Balaban J connectivity index is 2.29. The van der Waals surface area contributed by atoms with Crippen LogP contribution in [0, 0.1) is 13.8 Å². The zero-order chi connectivity index (χ0) is 20.3. The smallest absolute Gasteiger partial charge is 0.354 e. The number of carbonyl (C=O) groups is 3. The number of Topliss-reactive ketones (excluding diaryl/α,β-unsaturated/α-hetero) is 1. The number of rotatable bonds is 6. The second-order valence-corrected chi connectivity index (χ2v) is 7.10. The first-order valence-corrected chi connectivity index (χ1v) is 9.04. The zero-order valence-electron chi connectivity index (χ0n) is 17.0. The fourth-order valence-corrected chi connectivity index (χ4v) is 3.55. The standard InChI is InChI=1S/C19H29N3O5/c1-12-16(13(2)21(5)17(12)18(24)26-6)15(23)11-22(19(25)20(3)4)10-14-8-7-9-27-14/h14H,7-11H2,1-6H3/t14-/m1/s1. The minimum Gasteiger partial charge on any atom is -0.464 e. The van der Waals surface area contributed by atoms with Gasteiger partial charge in [0.2, 0.25) is 0 Å². The second-order valence-electron chi connectivity index (χ2n) is 7.10. The van der Waals surface area contributed by atoms with E-state index in [1.165, 1.54) is 16.9 Å². The molecule has 8 heteroatoms. The molecule has 1 aliphatic heterocycles. The molecule has 0 radical (unpaired) electrons. The molecular weight excluding hydrogens is 350 g/mol. The van der Waals surface area contributed by atoms with Crippen LogP contribution in [0.25, 0.3) is 0 Å². The van der Waals surface area contributed by atoms with E-state index in [2.05, 4.69) is 0 Å². The highest BCUT2D eigenvalue weighted by atomic mass is 16.5. The van der Waals surface area contributed by atoms with Crippen molar-refractivity contribution in [3.63, 3.8) is 0 Å². The number of amides is 2. The molecular formula is C19H29N3O5. The molecule has 0 N–H and O–H groups in total. The molecule has 0 saturated carbocycles. The molecule has 1 fully saturated rings. The number of ketones is 1. The summed E-state index contributed by atoms with van der Waals surface area (Å²) in [6.07, 6.45) is 1.79. The lowest BCUT2D eigenvalue weighted by Gasteiger charge is -2.27. The van der Waals surface area contributed by atoms with E-state index in [0.717, 1.165) is 12.8 Å². The number of carbonyl (C=O) groups excluding carboxylic acids is 3. The Morgan fingerprint density at radius 2 is 1.93 bits per heavy atom. The van der Waals surface area contributed by atoms with Crippen LogP contribution in [0.3, 0.4) is 0 Å². The van der Waals surface area contributed by atoms with Crippen LogP contribution >= 0.6 is 0 Å². The SMILES string of the molecule is COC(=O)c1c(C)c(C(=O)CN(C[C@H]2CCCO2)C(=O)N(C)C)c(C)n1C. The number of aromatic nitrogens is 1. The summed E-state index contributed by atoms with van der Waals surface area (Å²) in [6.45, 7) is 4.50. The highest BCUT2D eigenvalue weighted by molar-refractivity contribution is 6.04. The quantitative estimate of drug-likeness (QED) is 0.556. The summed E-state index contributed by atoms with van der Waals surface area (Å²) >= 11 is 0. The summed E-state index contributed by atoms with van der Waals surface area (Å²) in [7, 11) is 6.35. The lowest BCUT2D eigenvalue weighted by atomic mass is 10.0. The van der Waals surface area contributed by atoms with Crippen LogP contribution in [0.5, 0.6) is 0 Å². The van der Waals surface area contributed by atoms with Gasteiger partial charge in [0.05, 0.1) is 19.8 Å². The van der Waals surface area contributed by atoms with Crippen LogP contribution in [0.1, 0.15) is 44.9 Å². The van der Waals surface area contributed by atoms with E-state index in [1.54, 1.807) is 39.6 Å². The van der Waals surface area contributed by atoms with Crippen molar-refractivity contribution in [1.82, 2.24) is 14.4 Å². The Kier molecular flexibility index (Phi) is 6.64. The lowest BCUT2D eigenvalue weighted by Crippen LogP contribution is -2.45. The molecule has 27 heavy (non-hydrogen) atoms. The van der Waals surface area contributed by atoms with E-state index >= 15 is 0 Å². The van der Waals surface area contributed by atoms with Gasteiger partial charge >= 0.3 is 12.0 Å². The number of esters is 1. The van der Waals surface area contributed by atoms with Crippen molar-refractivity contribution in [2.45, 2.75) is 32.8 Å². The van der Waals surface area contributed by atoms with Crippen molar-refractivity contribution >= 4 is 17.8 Å². The number of nitrogens with zero attached hydrogens (tertiary/aromatic N) is 3. The van der Waals surface area contributed by atoms with Crippen molar-refractivity contribution in [3.8, 4) is 0 Å². The van der Waals surface area contributed by atoms with Crippen LogP contribution in [-0.4, -0.2) is 79.2 Å². The summed E-state index contributed by atoms with van der Waals surface area (Å²) in [5, 5.41) is 0. The summed E-state index contributed by atoms with van der Waals surface area (Å²) in [5.74, 6) is -0.693. The summed E-state index contributed by atoms with van der Waals surface area (Å²) in [6, 6.07) is -0.238. The third-order valence-electron chi connectivity index (χ3n) is 5.02. The molecule has 8 nitrogen and oxygen atoms in total. The molecule has 1 aromatic rings. The van der Waals surface area contributed by atoms with Gasteiger partial charge in [-0.1, -0.05) is 0 Å². The largest absolute Gasteiger partial charge is 0.464 e. The molecule has 2 amide bonds. The molecule has 0 spiro atoms.